The minimum atomic E-state index is -0.540. The van der Waals surface area contributed by atoms with Crippen LogP contribution in [0, 0.1) is 5.92 Å². The second-order valence-electron chi connectivity index (χ2n) is 6.24. The van der Waals surface area contributed by atoms with Gasteiger partial charge in [0.1, 0.15) is 6.61 Å². The minimum Gasteiger partial charge on any atom is -0.493 e. The van der Waals surface area contributed by atoms with Gasteiger partial charge >= 0.3 is 0 Å². The number of pyridine rings is 1. The molecule has 0 aliphatic rings. The zero-order valence-electron chi connectivity index (χ0n) is 14.9. The van der Waals surface area contributed by atoms with Crippen molar-refractivity contribution in [2.75, 3.05) is 12.4 Å². The number of methoxy groups -OCH3 is 1. The van der Waals surface area contributed by atoms with E-state index in [0.29, 0.717) is 36.1 Å². The zero-order chi connectivity index (χ0) is 18.2. The number of aromatic nitrogens is 1. The molecule has 2 aromatic rings. The second kappa shape index (κ2) is 9.03. The number of amides is 1. The highest BCUT2D eigenvalue weighted by Gasteiger charge is 2.16. The number of nitrogens with one attached hydrogen (secondary N) is 1. The van der Waals surface area contributed by atoms with Crippen molar-refractivity contribution in [1.29, 1.82) is 0 Å². The Bertz CT molecular complexity index is 690. The molecule has 0 fully saturated rings. The number of hydrogen-bond donors (Lipinski definition) is 2. The lowest BCUT2D eigenvalue weighted by molar-refractivity contribution is -0.117. The number of nitrogens with two attached hydrogens (primary N) is 1. The Kier molecular flexibility index (Phi) is 6.77. The topological polar surface area (TPSA) is 86.5 Å². The Morgan fingerprint density at radius 2 is 2.08 bits per heavy atom. The molecule has 0 spiro atoms. The summed E-state index contributed by atoms with van der Waals surface area (Å²) in [5, 5.41) is 2.83. The van der Waals surface area contributed by atoms with Gasteiger partial charge in [0.25, 0.3) is 0 Å². The van der Waals surface area contributed by atoms with Gasteiger partial charge in [0.05, 0.1) is 13.2 Å². The van der Waals surface area contributed by atoms with Crippen LogP contribution in [-0.4, -0.2) is 24.0 Å². The SMILES string of the molecule is COc1ccc(NC(=O)[C@@H](N)CC(C)C)cc1OCc1cccnc1. The molecule has 1 atom stereocenters. The molecule has 0 radical (unpaired) electrons. The van der Waals surface area contributed by atoms with E-state index in [9.17, 15) is 4.79 Å². The van der Waals surface area contributed by atoms with Crippen LogP contribution in [-0.2, 0) is 11.4 Å². The highest BCUT2D eigenvalue weighted by molar-refractivity contribution is 5.94. The van der Waals surface area contributed by atoms with Gasteiger partial charge in [-0.3, -0.25) is 9.78 Å². The first-order valence-electron chi connectivity index (χ1n) is 8.25. The molecule has 0 aliphatic carbocycles. The molecule has 2 rings (SSSR count). The van der Waals surface area contributed by atoms with Gasteiger partial charge in [-0.25, -0.2) is 0 Å². The van der Waals surface area contributed by atoms with Crippen molar-refractivity contribution in [1.82, 2.24) is 4.98 Å². The second-order valence-corrected chi connectivity index (χ2v) is 6.24. The maximum absolute atomic E-state index is 12.2. The monoisotopic (exact) mass is 343 g/mol. The minimum absolute atomic E-state index is 0.211. The van der Waals surface area contributed by atoms with Crippen molar-refractivity contribution in [2.24, 2.45) is 11.7 Å². The summed E-state index contributed by atoms with van der Waals surface area (Å²) in [7, 11) is 1.57. The summed E-state index contributed by atoms with van der Waals surface area (Å²) in [4.78, 5) is 16.2. The maximum Gasteiger partial charge on any atom is 0.241 e. The number of ether oxygens (including phenoxy) is 2. The van der Waals surface area contributed by atoms with Crippen molar-refractivity contribution in [3.63, 3.8) is 0 Å². The van der Waals surface area contributed by atoms with Crippen molar-refractivity contribution in [3.05, 3.63) is 48.3 Å². The van der Waals surface area contributed by atoms with E-state index in [2.05, 4.69) is 10.3 Å². The number of rotatable bonds is 8. The van der Waals surface area contributed by atoms with Gasteiger partial charge in [0.2, 0.25) is 5.91 Å². The lowest BCUT2D eigenvalue weighted by Gasteiger charge is -2.16. The molecule has 25 heavy (non-hydrogen) atoms. The van der Waals surface area contributed by atoms with Gasteiger partial charge in [0, 0.05) is 29.7 Å². The Hall–Kier alpha value is -2.60. The van der Waals surface area contributed by atoms with Gasteiger partial charge in [0.15, 0.2) is 11.5 Å². The highest BCUT2D eigenvalue weighted by Crippen LogP contribution is 2.31. The number of anilines is 1. The normalized spacial score (nSPS) is 11.9. The van der Waals surface area contributed by atoms with Crippen molar-refractivity contribution < 1.29 is 14.3 Å². The largest absolute Gasteiger partial charge is 0.493 e. The maximum atomic E-state index is 12.2. The average molecular weight is 343 g/mol. The summed E-state index contributed by atoms with van der Waals surface area (Å²) in [6.07, 6.45) is 4.08. The summed E-state index contributed by atoms with van der Waals surface area (Å²) < 4.78 is 11.1. The van der Waals surface area contributed by atoms with Crippen LogP contribution in [0.3, 0.4) is 0 Å². The van der Waals surface area contributed by atoms with Gasteiger partial charge < -0.3 is 20.5 Å². The number of nitrogens with zero attached hydrogens (tertiary/aromatic N) is 1. The van der Waals surface area contributed by atoms with E-state index >= 15 is 0 Å². The Labute approximate surface area is 148 Å². The summed E-state index contributed by atoms with van der Waals surface area (Å²) in [5.74, 6) is 1.28. The van der Waals surface area contributed by atoms with Crippen LogP contribution in [0.15, 0.2) is 42.7 Å². The Morgan fingerprint density at radius 1 is 1.28 bits per heavy atom. The van der Waals surface area contributed by atoms with Crippen LogP contribution in [0.5, 0.6) is 11.5 Å². The van der Waals surface area contributed by atoms with E-state index in [0.717, 1.165) is 5.56 Å². The van der Waals surface area contributed by atoms with Crippen LogP contribution in [0.4, 0.5) is 5.69 Å². The van der Waals surface area contributed by atoms with Crippen LogP contribution >= 0.6 is 0 Å². The predicted molar refractivity (Wildman–Crippen MR) is 97.6 cm³/mol. The predicted octanol–water partition coefficient (Wildman–Crippen LogP) is 2.98. The number of carbonyl (C=O) groups excluding carboxylic acids is 1. The van der Waals surface area contributed by atoms with Crippen LogP contribution in [0.1, 0.15) is 25.8 Å². The first-order chi connectivity index (χ1) is 12.0. The molecule has 1 heterocycles. The lowest BCUT2D eigenvalue weighted by atomic mass is 10.0. The molecule has 0 aliphatic heterocycles. The van der Waals surface area contributed by atoms with E-state index in [1.54, 1.807) is 37.7 Å². The first kappa shape index (κ1) is 18.7. The number of hydrogen-bond acceptors (Lipinski definition) is 5. The molecule has 0 saturated carbocycles. The van der Waals surface area contributed by atoms with E-state index in [1.165, 1.54) is 0 Å². The van der Waals surface area contributed by atoms with Crippen LogP contribution in [0.25, 0.3) is 0 Å². The van der Waals surface area contributed by atoms with Gasteiger partial charge in [-0.05, 0) is 30.5 Å². The quantitative estimate of drug-likeness (QED) is 0.769. The van der Waals surface area contributed by atoms with E-state index in [-0.39, 0.29) is 5.91 Å². The summed E-state index contributed by atoms with van der Waals surface area (Å²) >= 11 is 0. The molecule has 6 nitrogen and oxygen atoms in total. The third kappa shape index (κ3) is 5.76. The van der Waals surface area contributed by atoms with Gasteiger partial charge in [-0.2, -0.15) is 0 Å². The Morgan fingerprint density at radius 3 is 2.72 bits per heavy atom. The Balaban J connectivity index is 2.06. The van der Waals surface area contributed by atoms with Gasteiger partial charge in [-0.1, -0.05) is 19.9 Å². The van der Waals surface area contributed by atoms with Crippen LogP contribution < -0.4 is 20.5 Å². The number of benzene rings is 1. The molecular formula is C19H25N3O3. The molecule has 0 saturated heterocycles. The van der Waals surface area contributed by atoms with E-state index < -0.39 is 6.04 Å². The van der Waals surface area contributed by atoms with Crippen molar-refractivity contribution in [2.45, 2.75) is 32.9 Å². The first-order valence-corrected chi connectivity index (χ1v) is 8.25. The van der Waals surface area contributed by atoms with Gasteiger partial charge in [-0.15, -0.1) is 0 Å². The summed E-state index contributed by atoms with van der Waals surface area (Å²) in [6.45, 7) is 4.42. The van der Waals surface area contributed by atoms with E-state index in [4.69, 9.17) is 15.2 Å². The smallest absolute Gasteiger partial charge is 0.241 e. The number of carbonyl (C=O) groups is 1. The average Bonchev–Trinajstić information content (AvgIpc) is 2.60. The molecule has 6 heteroatoms. The standard InChI is InChI=1S/C19H25N3O3/c1-13(2)9-16(20)19(23)22-15-6-7-17(24-3)18(10-15)25-12-14-5-4-8-21-11-14/h4-8,10-11,13,16H,9,12,20H2,1-3H3,(H,22,23)/t16-/m0/s1. The summed E-state index contributed by atoms with van der Waals surface area (Å²) in [5.41, 5.74) is 7.48. The van der Waals surface area contributed by atoms with E-state index in [1.807, 2.05) is 26.0 Å². The molecule has 134 valence electrons. The van der Waals surface area contributed by atoms with Crippen LogP contribution in [0.2, 0.25) is 0 Å². The van der Waals surface area contributed by atoms with Crippen molar-refractivity contribution >= 4 is 11.6 Å². The fraction of sp³-hybridized carbons (Fsp3) is 0.368. The zero-order valence-corrected chi connectivity index (χ0v) is 14.9. The molecule has 1 aromatic heterocycles. The molecule has 1 amide bonds. The highest BCUT2D eigenvalue weighted by atomic mass is 16.5. The third-order valence-corrected chi connectivity index (χ3v) is 3.61. The third-order valence-electron chi connectivity index (χ3n) is 3.61. The molecular weight excluding hydrogens is 318 g/mol. The molecule has 1 aromatic carbocycles. The van der Waals surface area contributed by atoms with Crippen molar-refractivity contribution in [3.8, 4) is 11.5 Å². The fourth-order valence-electron chi connectivity index (χ4n) is 2.36. The lowest BCUT2D eigenvalue weighted by Crippen LogP contribution is -2.36. The molecule has 0 bridgehead atoms. The molecule has 0 unspecified atom stereocenters. The fourth-order valence-corrected chi connectivity index (χ4v) is 2.36. The molecule has 3 N–H and O–H groups in total. The summed E-state index contributed by atoms with van der Waals surface area (Å²) in [6, 6.07) is 8.48.